The van der Waals surface area contributed by atoms with E-state index >= 15 is 0 Å². The lowest BCUT2D eigenvalue weighted by Crippen LogP contribution is -2.66. The number of aliphatic hydroxyl groups is 1. The number of nitrogens with one attached hydrogen (secondary N) is 1. The van der Waals surface area contributed by atoms with Crippen LogP contribution in [-0.2, 0) is 9.53 Å². The maximum atomic E-state index is 12.6. The number of hydrogen-bond acceptors (Lipinski definition) is 4. The van der Waals surface area contributed by atoms with Crippen LogP contribution in [-0.4, -0.2) is 61.4 Å². The number of ether oxygens (including phenoxy) is 1. The van der Waals surface area contributed by atoms with E-state index in [0.717, 1.165) is 25.9 Å². The third kappa shape index (κ3) is 2.39. The topological polar surface area (TPSA) is 61.8 Å². The van der Waals surface area contributed by atoms with Gasteiger partial charge in [0.2, 0.25) is 5.91 Å². The zero-order chi connectivity index (χ0) is 13.2. The second kappa shape index (κ2) is 5.15. The lowest BCUT2D eigenvalue weighted by molar-refractivity contribution is -0.171. The zero-order valence-electron chi connectivity index (χ0n) is 11.4. The number of carbonyl (C=O) groups excluding carboxylic acids is 1. The first-order valence-corrected chi connectivity index (χ1v) is 6.77. The van der Waals surface area contributed by atoms with E-state index in [0.29, 0.717) is 26.1 Å². The van der Waals surface area contributed by atoms with Gasteiger partial charge in [0, 0.05) is 7.11 Å². The van der Waals surface area contributed by atoms with E-state index in [1.165, 1.54) is 0 Å². The number of piperidine rings is 1. The first-order valence-electron chi connectivity index (χ1n) is 6.77. The molecule has 18 heavy (non-hydrogen) atoms. The third-order valence-electron chi connectivity index (χ3n) is 4.35. The number of likely N-dealkylation sites (tertiary alicyclic amines) is 1. The molecule has 5 nitrogen and oxygen atoms in total. The molecule has 2 rings (SSSR count). The first-order chi connectivity index (χ1) is 8.55. The Hall–Kier alpha value is -0.650. The number of rotatable bonds is 4. The van der Waals surface area contributed by atoms with E-state index < -0.39 is 5.60 Å². The molecule has 0 radical (unpaired) electrons. The average Bonchev–Trinajstić information content (AvgIpc) is 2.35. The van der Waals surface area contributed by atoms with Gasteiger partial charge in [0.15, 0.2) is 0 Å². The monoisotopic (exact) mass is 256 g/mol. The molecule has 0 aromatic heterocycles. The molecule has 5 heteroatoms. The predicted octanol–water partition coefficient (Wildman–Crippen LogP) is -0.0141. The van der Waals surface area contributed by atoms with Crippen LogP contribution in [0, 0.1) is 5.41 Å². The minimum Gasteiger partial charge on any atom is -0.386 e. The van der Waals surface area contributed by atoms with Gasteiger partial charge in [-0.05, 0) is 32.4 Å². The molecular weight excluding hydrogens is 232 g/mol. The number of hydrogen-bond donors (Lipinski definition) is 2. The van der Waals surface area contributed by atoms with Crippen LogP contribution >= 0.6 is 0 Å². The summed E-state index contributed by atoms with van der Waals surface area (Å²) in [6.07, 6.45) is 2.34. The van der Waals surface area contributed by atoms with Gasteiger partial charge < -0.3 is 20.1 Å². The van der Waals surface area contributed by atoms with E-state index in [4.69, 9.17) is 4.74 Å². The van der Waals surface area contributed by atoms with E-state index in [9.17, 15) is 9.90 Å². The molecule has 0 unspecified atom stereocenters. The smallest absolute Gasteiger partial charge is 0.231 e. The van der Waals surface area contributed by atoms with Crippen molar-refractivity contribution in [1.82, 2.24) is 10.2 Å². The highest BCUT2D eigenvalue weighted by atomic mass is 16.5. The lowest BCUT2D eigenvalue weighted by atomic mass is 9.76. The summed E-state index contributed by atoms with van der Waals surface area (Å²) in [6.45, 7) is 5.11. The highest BCUT2D eigenvalue weighted by molar-refractivity contribution is 5.84. The molecule has 2 N–H and O–H groups in total. The number of nitrogens with zero attached hydrogens (tertiary/aromatic N) is 1. The second-order valence-electron chi connectivity index (χ2n) is 5.70. The van der Waals surface area contributed by atoms with Crippen LogP contribution in [0.1, 0.15) is 26.2 Å². The molecule has 2 aliphatic rings. The van der Waals surface area contributed by atoms with Crippen molar-refractivity contribution >= 4 is 5.91 Å². The van der Waals surface area contributed by atoms with Crippen LogP contribution in [0.3, 0.4) is 0 Å². The van der Waals surface area contributed by atoms with Crippen molar-refractivity contribution in [3.8, 4) is 0 Å². The second-order valence-corrected chi connectivity index (χ2v) is 5.70. The molecule has 0 atom stereocenters. The highest BCUT2D eigenvalue weighted by Gasteiger charge is 2.49. The Balaban J connectivity index is 2.01. The minimum absolute atomic E-state index is 0.156. The molecule has 0 spiro atoms. The van der Waals surface area contributed by atoms with Gasteiger partial charge in [0.25, 0.3) is 0 Å². The van der Waals surface area contributed by atoms with E-state index in [-0.39, 0.29) is 11.3 Å². The van der Waals surface area contributed by atoms with E-state index in [1.54, 1.807) is 12.0 Å². The lowest BCUT2D eigenvalue weighted by Gasteiger charge is -2.50. The summed E-state index contributed by atoms with van der Waals surface area (Å²) in [5.41, 5.74) is -1.04. The van der Waals surface area contributed by atoms with Crippen molar-refractivity contribution < 1.29 is 14.6 Å². The molecule has 0 aromatic rings. The van der Waals surface area contributed by atoms with Gasteiger partial charge in [0.1, 0.15) is 0 Å². The third-order valence-corrected chi connectivity index (χ3v) is 4.35. The van der Waals surface area contributed by atoms with Crippen LogP contribution in [0.4, 0.5) is 0 Å². The Morgan fingerprint density at radius 3 is 2.50 bits per heavy atom. The van der Waals surface area contributed by atoms with Crippen molar-refractivity contribution in [2.45, 2.75) is 31.8 Å². The van der Waals surface area contributed by atoms with E-state index in [1.807, 2.05) is 6.92 Å². The molecule has 0 bridgehead atoms. The molecular formula is C13H24N2O3. The van der Waals surface area contributed by atoms with Crippen molar-refractivity contribution in [3.63, 3.8) is 0 Å². The summed E-state index contributed by atoms with van der Waals surface area (Å²) in [5, 5.41) is 13.3. The van der Waals surface area contributed by atoms with Crippen molar-refractivity contribution in [3.05, 3.63) is 0 Å². The number of carbonyl (C=O) groups is 1. The Kier molecular flexibility index (Phi) is 3.94. The fraction of sp³-hybridized carbons (Fsp3) is 0.923. The van der Waals surface area contributed by atoms with Gasteiger partial charge in [-0.25, -0.2) is 0 Å². The van der Waals surface area contributed by atoms with Gasteiger partial charge in [-0.2, -0.15) is 0 Å². The Labute approximate surface area is 108 Å². The zero-order valence-corrected chi connectivity index (χ0v) is 11.4. The van der Waals surface area contributed by atoms with Crippen molar-refractivity contribution in [2.75, 3.05) is 39.9 Å². The SMILES string of the molecule is CCC1(O)CN(C(=O)C2(COC)CCNCC2)C1. The molecule has 1 amide bonds. The molecule has 2 aliphatic heterocycles. The van der Waals surface area contributed by atoms with Crippen molar-refractivity contribution in [2.24, 2.45) is 5.41 Å². The summed E-state index contributed by atoms with van der Waals surface area (Å²) in [7, 11) is 1.65. The minimum atomic E-state index is -0.656. The highest BCUT2D eigenvalue weighted by Crippen LogP contribution is 2.35. The van der Waals surface area contributed by atoms with Gasteiger partial charge >= 0.3 is 0 Å². The molecule has 2 heterocycles. The largest absolute Gasteiger partial charge is 0.386 e. The molecule has 2 fully saturated rings. The first kappa shape index (κ1) is 13.8. The number of amides is 1. The Bertz CT molecular complexity index is 302. The van der Waals surface area contributed by atoms with Crippen LogP contribution in [0.25, 0.3) is 0 Å². The summed E-state index contributed by atoms with van der Waals surface area (Å²) in [4.78, 5) is 14.4. The average molecular weight is 256 g/mol. The van der Waals surface area contributed by atoms with Crippen LogP contribution in [0.15, 0.2) is 0 Å². The molecule has 0 aliphatic carbocycles. The van der Waals surface area contributed by atoms with Gasteiger partial charge in [-0.3, -0.25) is 4.79 Å². The maximum absolute atomic E-state index is 12.6. The number of β-amino-alcohol motifs (C(OH)–C–C–N with tert-alkyl or cyclic N) is 1. The normalized spacial score (nSPS) is 25.6. The Morgan fingerprint density at radius 2 is 2.00 bits per heavy atom. The van der Waals surface area contributed by atoms with Crippen LogP contribution in [0.5, 0.6) is 0 Å². The van der Waals surface area contributed by atoms with Gasteiger partial charge in [0.05, 0.1) is 30.7 Å². The maximum Gasteiger partial charge on any atom is 0.231 e. The molecule has 2 saturated heterocycles. The van der Waals surface area contributed by atoms with Crippen LogP contribution < -0.4 is 5.32 Å². The summed E-state index contributed by atoms with van der Waals surface area (Å²) in [6, 6.07) is 0. The van der Waals surface area contributed by atoms with Crippen molar-refractivity contribution in [1.29, 1.82) is 0 Å². The number of methoxy groups -OCH3 is 1. The fourth-order valence-corrected chi connectivity index (χ4v) is 2.97. The van der Waals surface area contributed by atoms with E-state index in [2.05, 4.69) is 5.32 Å². The molecule has 0 saturated carbocycles. The fourth-order valence-electron chi connectivity index (χ4n) is 2.97. The standard InChI is InChI=1S/C13H24N2O3/c1-3-13(17)8-15(9-13)11(16)12(10-18-2)4-6-14-7-5-12/h14,17H,3-10H2,1-2H3. The summed E-state index contributed by atoms with van der Waals surface area (Å²) < 4.78 is 5.27. The summed E-state index contributed by atoms with van der Waals surface area (Å²) >= 11 is 0. The van der Waals surface area contributed by atoms with Gasteiger partial charge in [-0.15, -0.1) is 0 Å². The molecule has 104 valence electrons. The van der Waals surface area contributed by atoms with Gasteiger partial charge in [-0.1, -0.05) is 6.92 Å². The predicted molar refractivity (Wildman–Crippen MR) is 68.2 cm³/mol. The Morgan fingerprint density at radius 1 is 1.39 bits per heavy atom. The quantitative estimate of drug-likeness (QED) is 0.742. The summed E-state index contributed by atoms with van der Waals surface area (Å²) in [5.74, 6) is 0.156. The molecule has 0 aromatic carbocycles. The van der Waals surface area contributed by atoms with Crippen LogP contribution in [0.2, 0.25) is 0 Å².